The minimum absolute atomic E-state index is 0.0846. The maximum Gasteiger partial charge on any atom is 0.524 e. The van der Waals surface area contributed by atoms with Crippen LogP contribution >= 0.6 is 0 Å². The molecule has 8 nitrogen and oxygen atoms in total. The van der Waals surface area contributed by atoms with Gasteiger partial charge in [-0.15, -0.1) is 0 Å². The summed E-state index contributed by atoms with van der Waals surface area (Å²) in [5.74, 6) is -0.361. The zero-order valence-corrected chi connectivity index (χ0v) is 8.04. The molecule has 0 amide bonds. The molecule has 0 aromatic heterocycles. The highest BCUT2D eigenvalue weighted by atomic mass is 16.8. The van der Waals surface area contributed by atoms with Crippen molar-refractivity contribution in [3.8, 4) is 17.2 Å². The molecule has 0 aliphatic carbocycles. The molecule has 0 atom stereocenters. The Balaban J connectivity index is 2.34. The molecule has 1 aliphatic rings. The van der Waals surface area contributed by atoms with Gasteiger partial charge in [-0.1, -0.05) is 0 Å². The molecule has 1 heterocycles. The van der Waals surface area contributed by atoms with Crippen molar-refractivity contribution < 1.29 is 38.4 Å². The monoisotopic (exact) mass is 240 g/mol. The van der Waals surface area contributed by atoms with Gasteiger partial charge in [-0.2, -0.15) is 0 Å². The van der Waals surface area contributed by atoms with E-state index in [9.17, 15) is 14.4 Å². The molecule has 1 N–H and O–H groups in total. The van der Waals surface area contributed by atoms with Crippen molar-refractivity contribution in [2.45, 2.75) is 0 Å². The smallest absolute Gasteiger partial charge is 0.449 e. The van der Waals surface area contributed by atoms with Crippen molar-refractivity contribution in [1.82, 2.24) is 0 Å². The van der Waals surface area contributed by atoms with E-state index >= 15 is 0 Å². The lowest BCUT2D eigenvalue weighted by molar-refractivity contribution is 0.0998. The van der Waals surface area contributed by atoms with E-state index in [1.165, 1.54) is 12.1 Å². The summed E-state index contributed by atoms with van der Waals surface area (Å²) in [6.45, 7) is 0. The van der Waals surface area contributed by atoms with E-state index in [0.29, 0.717) is 0 Å². The van der Waals surface area contributed by atoms with E-state index < -0.39 is 18.5 Å². The van der Waals surface area contributed by atoms with Gasteiger partial charge in [-0.05, 0) is 12.1 Å². The van der Waals surface area contributed by atoms with Gasteiger partial charge in [0.15, 0.2) is 11.5 Å². The molecule has 0 fully saturated rings. The first-order valence-electron chi connectivity index (χ1n) is 4.21. The third-order valence-electron chi connectivity index (χ3n) is 1.67. The van der Waals surface area contributed by atoms with Crippen LogP contribution in [-0.2, 0) is 4.74 Å². The number of carboxylic acid groups (broad SMARTS) is 1. The maximum atomic E-state index is 10.9. The van der Waals surface area contributed by atoms with Crippen LogP contribution in [0.15, 0.2) is 18.2 Å². The number of rotatable bonds is 1. The van der Waals surface area contributed by atoms with Gasteiger partial charge in [0.05, 0.1) is 0 Å². The van der Waals surface area contributed by atoms with Crippen molar-refractivity contribution in [3.63, 3.8) is 0 Å². The Morgan fingerprint density at radius 3 is 2.35 bits per heavy atom. The van der Waals surface area contributed by atoms with Crippen LogP contribution in [0.4, 0.5) is 14.4 Å². The normalized spacial score (nSPS) is 13.6. The van der Waals surface area contributed by atoms with Crippen LogP contribution in [-0.4, -0.2) is 23.6 Å². The summed E-state index contributed by atoms with van der Waals surface area (Å²) < 4.78 is 17.5. The number of ether oxygens (including phenoxy) is 4. The second-order valence-corrected chi connectivity index (χ2v) is 2.78. The average molecular weight is 240 g/mol. The number of benzene rings is 1. The molecule has 0 spiro atoms. The molecule has 0 saturated carbocycles. The first kappa shape index (κ1) is 10.7. The highest BCUT2D eigenvalue weighted by molar-refractivity contribution is 5.82. The van der Waals surface area contributed by atoms with Gasteiger partial charge in [0, 0.05) is 6.07 Å². The lowest BCUT2D eigenvalue weighted by atomic mass is 10.3. The summed E-state index contributed by atoms with van der Waals surface area (Å²) in [7, 11) is 0. The summed E-state index contributed by atoms with van der Waals surface area (Å²) in [6.07, 6.45) is -4.04. The van der Waals surface area contributed by atoms with Crippen LogP contribution in [0.3, 0.4) is 0 Å². The Labute approximate surface area is 93.3 Å². The molecule has 1 aliphatic heterocycles. The number of fused-ring (bicyclic) bond motifs is 1. The zero-order chi connectivity index (χ0) is 12.4. The summed E-state index contributed by atoms with van der Waals surface area (Å²) >= 11 is 0. The third-order valence-corrected chi connectivity index (χ3v) is 1.67. The van der Waals surface area contributed by atoms with Gasteiger partial charge in [-0.25, -0.2) is 14.4 Å². The van der Waals surface area contributed by atoms with E-state index in [2.05, 4.69) is 18.9 Å². The second-order valence-electron chi connectivity index (χ2n) is 2.78. The van der Waals surface area contributed by atoms with Crippen LogP contribution in [0.25, 0.3) is 0 Å². The fraction of sp³-hybridized carbons (Fsp3) is 0. The fourth-order valence-corrected chi connectivity index (χ4v) is 1.11. The van der Waals surface area contributed by atoms with Crippen molar-refractivity contribution in [3.05, 3.63) is 18.2 Å². The van der Waals surface area contributed by atoms with Gasteiger partial charge < -0.3 is 24.1 Å². The van der Waals surface area contributed by atoms with E-state index in [-0.39, 0.29) is 17.2 Å². The Bertz CT molecular complexity index is 506. The van der Waals surface area contributed by atoms with Crippen LogP contribution in [0.1, 0.15) is 0 Å². The van der Waals surface area contributed by atoms with Gasteiger partial charge in [0.1, 0.15) is 5.75 Å². The Morgan fingerprint density at radius 1 is 1.06 bits per heavy atom. The maximum absolute atomic E-state index is 10.9. The molecule has 17 heavy (non-hydrogen) atoms. The fourth-order valence-electron chi connectivity index (χ4n) is 1.11. The zero-order valence-electron chi connectivity index (χ0n) is 8.04. The molecule has 0 unspecified atom stereocenters. The molecule has 0 radical (unpaired) electrons. The molecular formula is C9H4O8. The summed E-state index contributed by atoms with van der Waals surface area (Å²) in [5, 5.41) is 8.38. The molecule has 0 bridgehead atoms. The molecule has 1 aromatic rings. The summed E-state index contributed by atoms with van der Waals surface area (Å²) in [6, 6.07) is 3.50. The highest BCUT2D eigenvalue weighted by Crippen LogP contribution is 2.33. The number of carbonyl (C=O) groups is 3. The SMILES string of the molecule is O=C(O)Oc1ccc2c(c1)OC(=O)OC(=O)O2. The predicted octanol–water partition coefficient (Wildman–Crippen LogP) is 1.77. The molecule has 2 rings (SSSR count). The lowest BCUT2D eigenvalue weighted by Gasteiger charge is -2.04. The number of carbonyl (C=O) groups excluding carboxylic acids is 2. The van der Waals surface area contributed by atoms with E-state index in [1.54, 1.807) is 0 Å². The Hall–Kier alpha value is -2.77. The van der Waals surface area contributed by atoms with Crippen LogP contribution in [0.2, 0.25) is 0 Å². The standard InChI is InChI=1S/C9H4O8/c10-7(11)14-4-1-2-5-6(3-4)16-9(13)17-8(12)15-5/h1-3H,(H,10,11). The highest BCUT2D eigenvalue weighted by Gasteiger charge is 2.24. The van der Waals surface area contributed by atoms with Crippen molar-refractivity contribution >= 4 is 18.5 Å². The van der Waals surface area contributed by atoms with Gasteiger partial charge >= 0.3 is 18.5 Å². The van der Waals surface area contributed by atoms with Gasteiger partial charge in [-0.3, -0.25) is 0 Å². The van der Waals surface area contributed by atoms with Crippen molar-refractivity contribution in [1.29, 1.82) is 0 Å². The molecular weight excluding hydrogens is 236 g/mol. The first-order valence-corrected chi connectivity index (χ1v) is 4.21. The second kappa shape index (κ2) is 4.00. The predicted molar refractivity (Wildman–Crippen MR) is 48.2 cm³/mol. The van der Waals surface area contributed by atoms with E-state index in [0.717, 1.165) is 6.07 Å². The van der Waals surface area contributed by atoms with E-state index in [4.69, 9.17) is 5.11 Å². The van der Waals surface area contributed by atoms with E-state index in [1.807, 2.05) is 0 Å². The molecule has 0 saturated heterocycles. The summed E-state index contributed by atoms with van der Waals surface area (Å²) in [4.78, 5) is 32.0. The quantitative estimate of drug-likeness (QED) is 0.449. The minimum atomic E-state index is -1.53. The van der Waals surface area contributed by atoms with Crippen LogP contribution in [0, 0.1) is 0 Å². The minimum Gasteiger partial charge on any atom is -0.449 e. The van der Waals surface area contributed by atoms with Crippen LogP contribution in [0.5, 0.6) is 17.2 Å². The Morgan fingerprint density at radius 2 is 1.71 bits per heavy atom. The number of hydrogen-bond donors (Lipinski definition) is 1. The topological polar surface area (TPSA) is 108 Å². The summed E-state index contributed by atoms with van der Waals surface area (Å²) in [5.41, 5.74) is 0. The average Bonchev–Trinajstić information content (AvgIpc) is 2.33. The number of cyclic esters (lactones) is 2. The third kappa shape index (κ3) is 2.43. The largest absolute Gasteiger partial charge is 0.524 e. The first-order chi connectivity index (χ1) is 8.04. The van der Waals surface area contributed by atoms with Crippen molar-refractivity contribution in [2.24, 2.45) is 0 Å². The van der Waals surface area contributed by atoms with Crippen LogP contribution < -0.4 is 14.2 Å². The Kier molecular flexibility index (Phi) is 2.53. The lowest BCUT2D eigenvalue weighted by Crippen LogP contribution is -2.14. The molecule has 1 aromatic carbocycles. The van der Waals surface area contributed by atoms with Crippen molar-refractivity contribution in [2.75, 3.05) is 0 Å². The molecule has 88 valence electrons. The van der Waals surface area contributed by atoms with Gasteiger partial charge in [0.25, 0.3) is 0 Å². The van der Waals surface area contributed by atoms with Gasteiger partial charge in [0.2, 0.25) is 0 Å². The molecule has 8 heteroatoms. The number of hydrogen-bond acceptors (Lipinski definition) is 7.